The topological polar surface area (TPSA) is 94.4 Å². The molecule has 3 rings (SSSR count). The Labute approximate surface area is 169 Å². The van der Waals surface area contributed by atoms with Crippen LogP contribution in [0.5, 0.6) is 11.5 Å². The van der Waals surface area contributed by atoms with Crippen LogP contribution < -0.4 is 15.4 Å². The number of hydrogen-bond acceptors (Lipinski definition) is 4. The summed E-state index contributed by atoms with van der Waals surface area (Å²) in [7, 11) is 0. The SMILES string of the molecule is Cc1ccc(OCc2ccc(NC(=O)Nc3ccc(C#N)cc3)c(O)c2)c(C)c1. The number of aromatic hydroxyl groups is 1. The molecule has 0 saturated heterocycles. The predicted octanol–water partition coefficient (Wildman–Crippen LogP) is 5.10. The maximum atomic E-state index is 12.1. The number of benzene rings is 3. The lowest BCUT2D eigenvalue weighted by atomic mass is 10.1. The van der Waals surface area contributed by atoms with Crippen LogP contribution in [0.2, 0.25) is 0 Å². The van der Waals surface area contributed by atoms with Crippen molar-refractivity contribution in [2.24, 2.45) is 0 Å². The second-order valence-corrected chi connectivity index (χ2v) is 6.68. The number of phenols is 1. The number of carbonyl (C=O) groups is 1. The maximum Gasteiger partial charge on any atom is 0.323 e. The third-order valence-corrected chi connectivity index (χ3v) is 4.31. The number of rotatable bonds is 5. The molecule has 0 aliphatic heterocycles. The lowest BCUT2D eigenvalue weighted by Gasteiger charge is -2.12. The minimum Gasteiger partial charge on any atom is -0.506 e. The van der Waals surface area contributed by atoms with Crippen LogP contribution in [0, 0.1) is 25.2 Å². The highest BCUT2D eigenvalue weighted by molar-refractivity contribution is 6.00. The molecular formula is C23H21N3O3. The molecule has 3 aromatic carbocycles. The standard InChI is InChI=1S/C23H21N3O3/c1-15-3-10-22(16(2)11-15)29-14-18-6-9-20(21(27)12-18)26-23(28)25-19-7-4-17(13-24)5-8-19/h3-12,27H,14H2,1-2H3,(H2,25,26,28). The Bertz CT molecular complexity index is 1070. The van der Waals surface area contributed by atoms with Gasteiger partial charge in [-0.05, 0) is 67.4 Å². The third kappa shape index (κ3) is 5.27. The van der Waals surface area contributed by atoms with Gasteiger partial charge in [0, 0.05) is 5.69 Å². The summed E-state index contributed by atoms with van der Waals surface area (Å²) in [5, 5.41) is 24.3. The number of ether oxygens (including phenoxy) is 1. The Morgan fingerprint density at radius 3 is 2.45 bits per heavy atom. The van der Waals surface area contributed by atoms with E-state index in [1.807, 2.05) is 38.1 Å². The molecule has 0 aliphatic carbocycles. The minimum atomic E-state index is -0.496. The van der Waals surface area contributed by atoms with Gasteiger partial charge in [0.05, 0.1) is 17.3 Å². The third-order valence-electron chi connectivity index (χ3n) is 4.31. The summed E-state index contributed by atoms with van der Waals surface area (Å²) < 4.78 is 5.82. The highest BCUT2D eigenvalue weighted by Crippen LogP contribution is 2.26. The summed E-state index contributed by atoms with van der Waals surface area (Å²) >= 11 is 0. The predicted molar refractivity (Wildman–Crippen MR) is 112 cm³/mol. The van der Waals surface area contributed by atoms with Gasteiger partial charge in [0.15, 0.2) is 0 Å². The highest BCUT2D eigenvalue weighted by atomic mass is 16.5. The molecule has 0 radical (unpaired) electrons. The zero-order chi connectivity index (χ0) is 20.8. The molecule has 6 heteroatoms. The van der Waals surface area contributed by atoms with Crippen molar-refractivity contribution in [3.8, 4) is 17.6 Å². The fraction of sp³-hybridized carbons (Fsp3) is 0.130. The van der Waals surface area contributed by atoms with Crippen molar-refractivity contribution in [2.75, 3.05) is 10.6 Å². The van der Waals surface area contributed by atoms with E-state index < -0.39 is 6.03 Å². The van der Waals surface area contributed by atoms with E-state index in [2.05, 4.69) is 10.6 Å². The van der Waals surface area contributed by atoms with Gasteiger partial charge in [-0.25, -0.2) is 4.79 Å². The summed E-state index contributed by atoms with van der Waals surface area (Å²) in [6.45, 7) is 4.31. The van der Waals surface area contributed by atoms with Crippen LogP contribution in [0.25, 0.3) is 0 Å². The summed E-state index contributed by atoms with van der Waals surface area (Å²) in [4.78, 5) is 12.1. The van der Waals surface area contributed by atoms with Crippen LogP contribution in [0.15, 0.2) is 60.7 Å². The number of urea groups is 1. The van der Waals surface area contributed by atoms with Crippen LogP contribution >= 0.6 is 0 Å². The second-order valence-electron chi connectivity index (χ2n) is 6.68. The largest absolute Gasteiger partial charge is 0.506 e. The van der Waals surface area contributed by atoms with Gasteiger partial charge in [-0.2, -0.15) is 5.26 Å². The molecule has 2 amide bonds. The second kappa shape index (κ2) is 8.81. The smallest absolute Gasteiger partial charge is 0.323 e. The first-order valence-electron chi connectivity index (χ1n) is 9.05. The first-order valence-corrected chi connectivity index (χ1v) is 9.05. The van der Waals surface area contributed by atoms with E-state index in [0.717, 1.165) is 16.9 Å². The molecule has 146 valence electrons. The van der Waals surface area contributed by atoms with Crippen LogP contribution in [0.1, 0.15) is 22.3 Å². The molecule has 29 heavy (non-hydrogen) atoms. The monoisotopic (exact) mass is 387 g/mol. The van der Waals surface area contributed by atoms with E-state index in [1.165, 1.54) is 5.56 Å². The lowest BCUT2D eigenvalue weighted by molar-refractivity contribution is 0.262. The number of hydrogen-bond donors (Lipinski definition) is 3. The molecule has 6 nitrogen and oxygen atoms in total. The Kier molecular flexibility index (Phi) is 6.00. The van der Waals surface area contributed by atoms with Crippen LogP contribution in [0.4, 0.5) is 16.2 Å². The molecule has 0 unspecified atom stereocenters. The van der Waals surface area contributed by atoms with E-state index in [0.29, 0.717) is 17.9 Å². The van der Waals surface area contributed by atoms with Gasteiger partial charge in [0.2, 0.25) is 0 Å². The summed E-state index contributed by atoms with van der Waals surface area (Å²) in [6.07, 6.45) is 0. The molecule has 0 spiro atoms. The Morgan fingerprint density at radius 1 is 1.03 bits per heavy atom. The van der Waals surface area contributed by atoms with Crippen LogP contribution in [-0.4, -0.2) is 11.1 Å². The molecule has 3 N–H and O–H groups in total. The van der Waals surface area contributed by atoms with Crippen molar-refractivity contribution in [1.82, 2.24) is 0 Å². The minimum absolute atomic E-state index is 0.0540. The fourth-order valence-corrected chi connectivity index (χ4v) is 2.81. The summed E-state index contributed by atoms with van der Waals surface area (Å²) in [5.41, 5.74) is 4.33. The first kappa shape index (κ1) is 19.8. The maximum absolute atomic E-state index is 12.1. The number of anilines is 2. The molecular weight excluding hydrogens is 366 g/mol. The van der Waals surface area contributed by atoms with Gasteiger partial charge >= 0.3 is 6.03 Å². The van der Waals surface area contributed by atoms with Gasteiger partial charge in [-0.3, -0.25) is 0 Å². The van der Waals surface area contributed by atoms with Gasteiger partial charge < -0.3 is 20.5 Å². The average molecular weight is 387 g/mol. The first-order chi connectivity index (χ1) is 13.9. The highest BCUT2D eigenvalue weighted by Gasteiger charge is 2.09. The van der Waals surface area contributed by atoms with Crippen molar-refractivity contribution in [2.45, 2.75) is 20.5 Å². The molecule has 0 fully saturated rings. The zero-order valence-electron chi connectivity index (χ0n) is 16.2. The van der Waals surface area contributed by atoms with Gasteiger partial charge in [-0.15, -0.1) is 0 Å². The number of aryl methyl sites for hydroxylation is 2. The fourth-order valence-electron chi connectivity index (χ4n) is 2.81. The van der Waals surface area contributed by atoms with E-state index in [9.17, 15) is 9.90 Å². The molecule has 0 atom stereocenters. The van der Waals surface area contributed by atoms with Crippen LogP contribution in [-0.2, 0) is 6.61 Å². The van der Waals surface area contributed by atoms with Crippen molar-refractivity contribution >= 4 is 17.4 Å². The zero-order valence-corrected chi connectivity index (χ0v) is 16.2. The normalized spacial score (nSPS) is 10.1. The number of amides is 2. The van der Waals surface area contributed by atoms with Gasteiger partial charge in [0.1, 0.15) is 18.1 Å². The Hall–Kier alpha value is -3.98. The number of nitrogens with one attached hydrogen (secondary N) is 2. The lowest BCUT2D eigenvalue weighted by Crippen LogP contribution is -2.19. The molecule has 0 aromatic heterocycles. The number of carbonyl (C=O) groups excluding carboxylic acids is 1. The van der Waals surface area contributed by atoms with E-state index in [4.69, 9.17) is 10.00 Å². The van der Waals surface area contributed by atoms with E-state index in [1.54, 1.807) is 42.5 Å². The van der Waals surface area contributed by atoms with Crippen molar-refractivity contribution in [1.29, 1.82) is 5.26 Å². The number of phenolic OH excluding ortho intramolecular Hbond substituents is 1. The summed E-state index contributed by atoms with van der Waals surface area (Å²) in [6, 6.07) is 18.9. The molecule has 0 saturated carbocycles. The average Bonchev–Trinajstić information content (AvgIpc) is 2.70. The van der Waals surface area contributed by atoms with E-state index >= 15 is 0 Å². The molecule has 0 aliphatic rings. The van der Waals surface area contributed by atoms with Gasteiger partial charge in [-0.1, -0.05) is 23.8 Å². The van der Waals surface area contributed by atoms with Crippen molar-refractivity contribution < 1.29 is 14.6 Å². The number of nitrogens with zero attached hydrogens (tertiary/aromatic N) is 1. The Morgan fingerprint density at radius 2 is 1.79 bits per heavy atom. The summed E-state index contributed by atoms with van der Waals surface area (Å²) in [5.74, 6) is 0.737. The van der Waals surface area contributed by atoms with Gasteiger partial charge in [0.25, 0.3) is 0 Å². The molecule has 3 aromatic rings. The quantitative estimate of drug-likeness (QED) is 0.531. The van der Waals surface area contributed by atoms with E-state index in [-0.39, 0.29) is 11.4 Å². The van der Waals surface area contributed by atoms with Crippen LogP contribution in [0.3, 0.4) is 0 Å². The van der Waals surface area contributed by atoms with Crippen molar-refractivity contribution in [3.05, 3.63) is 82.9 Å². The number of nitriles is 1. The molecule has 0 heterocycles. The van der Waals surface area contributed by atoms with Crippen molar-refractivity contribution in [3.63, 3.8) is 0 Å². The Balaban J connectivity index is 1.59. The molecule has 0 bridgehead atoms.